The molecule has 0 aliphatic heterocycles. The molecule has 1 aromatic carbocycles. The maximum atomic E-state index is 13.0. The Bertz CT molecular complexity index is 1010. The molecule has 4 N–H and O–H groups in total. The van der Waals surface area contributed by atoms with Crippen LogP contribution in [0.25, 0.3) is 0 Å². The number of aryl methyl sites for hydroxylation is 2. The van der Waals surface area contributed by atoms with Crippen LogP contribution in [0.3, 0.4) is 0 Å². The normalized spacial score (nSPS) is 18.6. The number of carbonyl (C=O) groups excluding carboxylic acids is 1. The van der Waals surface area contributed by atoms with E-state index in [-0.39, 0.29) is 24.1 Å². The first kappa shape index (κ1) is 23.4. The Hall–Kier alpha value is -2.31. The van der Waals surface area contributed by atoms with E-state index < -0.39 is 0 Å². The van der Waals surface area contributed by atoms with Crippen molar-refractivity contribution < 1.29 is 4.79 Å². The minimum atomic E-state index is -0.234. The van der Waals surface area contributed by atoms with Crippen molar-refractivity contribution in [2.24, 2.45) is 5.73 Å². The highest BCUT2D eigenvalue weighted by Gasteiger charge is 2.26. The van der Waals surface area contributed by atoms with Gasteiger partial charge in [-0.3, -0.25) is 9.59 Å². The van der Waals surface area contributed by atoms with Gasteiger partial charge in [-0.2, -0.15) is 0 Å². The molecule has 2 aromatic rings. The van der Waals surface area contributed by atoms with Gasteiger partial charge in [0, 0.05) is 52.7 Å². The first-order valence-corrected chi connectivity index (χ1v) is 11.4. The molecule has 1 heterocycles. The van der Waals surface area contributed by atoms with E-state index in [9.17, 15) is 9.59 Å². The second-order valence-corrected chi connectivity index (χ2v) is 9.01. The van der Waals surface area contributed by atoms with E-state index in [1.807, 2.05) is 32.9 Å². The van der Waals surface area contributed by atoms with Gasteiger partial charge in [0.2, 0.25) is 0 Å². The highest BCUT2D eigenvalue weighted by atomic mass is 35.5. The summed E-state index contributed by atoms with van der Waals surface area (Å²) in [5, 5.41) is 3.43. The third kappa shape index (κ3) is 5.31. The largest absolute Gasteiger partial charge is 0.369 e. The second kappa shape index (κ2) is 9.88. The van der Waals surface area contributed by atoms with E-state index in [1.165, 1.54) is 0 Å². The lowest BCUT2D eigenvalue weighted by atomic mass is 9.90. The molecule has 168 valence electrons. The molecule has 0 atom stereocenters. The summed E-state index contributed by atoms with van der Waals surface area (Å²) in [5.41, 5.74) is 10.6. The number of nitrogens with two attached hydrogens (primary N) is 1. The number of anilines is 1. The minimum Gasteiger partial charge on any atom is -0.369 e. The Morgan fingerprint density at radius 2 is 1.87 bits per heavy atom. The fourth-order valence-corrected chi connectivity index (χ4v) is 4.81. The molecule has 1 aliphatic carbocycles. The highest BCUT2D eigenvalue weighted by molar-refractivity contribution is 6.31. The Morgan fingerprint density at radius 1 is 1.19 bits per heavy atom. The van der Waals surface area contributed by atoms with Crippen LogP contribution in [-0.4, -0.2) is 29.5 Å². The maximum absolute atomic E-state index is 13.0. The van der Waals surface area contributed by atoms with Crippen LogP contribution >= 0.6 is 11.6 Å². The quantitative estimate of drug-likeness (QED) is 0.628. The van der Waals surface area contributed by atoms with Crippen molar-refractivity contribution in [2.75, 3.05) is 11.4 Å². The zero-order chi connectivity index (χ0) is 22.7. The molecular formula is C24H33ClN4O2. The number of carbonyl (C=O) groups is 1. The van der Waals surface area contributed by atoms with E-state index >= 15 is 0 Å². The van der Waals surface area contributed by atoms with Gasteiger partial charge in [-0.05, 0) is 82.7 Å². The molecule has 1 amide bonds. The van der Waals surface area contributed by atoms with Gasteiger partial charge in [0.15, 0.2) is 0 Å². The summed E-state index contributed by atoms with van der Waals surface area (Å²) in [4.78, 5) is 30.5. The van der Waals surface area contributed by atoms with Crippen LogP contribution in [-0.2, 0) is 6.54 Å². The Morgan fingerprint density at radius 3 is 2.48 bits per heavy atom. The lowest BCUT2D eigenvalue weighted by Crippen LogP contribution is -2.41. The number of H-pyrrole nitrogens is 1. The molecule has 6 nitrogen and oxygen atoms in total. The van der Waals surface area contributed by atoms with E-state index in [4.69, 9.17) is 17.3 Å². The van der Waals surface area contributed by atoms with Crippen molar-refractivity contribution >= 4 is 23.2 Å². The standard InChI is InChI=1S/C24H33ClN4O2/c1-5-29(19-8-6-18(26)7-9-19)22-12-17(25)11-20(16(22)4)23(30)27-13-21-14(2)10-15(3)28-24(21)31/h10-12,18-19H,5-9,13,26H2,1-4H3,(H,27,30)(H,28,31)/t18-,19+. The molecule has 0 bridgehead atoms. The summed E-state index contributed by atoms with van der Waals surface area (Å²) in [6.07, 6.45) is 4.10. The molecular weight excluding hydrogens is 412 g/mol. The number of nitrogens with zero attached hydrogens (tertiary/aromatic N) is 1. The van der Waals surface area contributed by atoms with Crippen molar-refractivity contribution in [3.05, 3.63) is 61.5 Å². The third-order valence-electron chi connectivity index (χ3n) is 6.34. The molecule has 1 aliphatic rings. The van der Waals surface area contributed by atoms with Gasteiger partial charge in [-0.1, -0.05) is 11.6 Å². The number of rotatable bonds is 6. The molecule has 0 unspecified atom stereocenters. The molecule has 0 saturated heterocycles. The summed E-state index contributed by atoms with van der Waals surface area (Å²) in [6, 6.07) is 6.23. The van der Waals surface area contributed by atoms with Gasteiger partial charge >= 0.3 is 0 Å². The summed E-state index contributed by atoms with van der Waals surface area (Å²) in [6.45, 7) is 8.80. The predicted molar refractivity (Wildman–Crippen MR) is 127 cm³/mol. The molecule has 1 aromatic heterocycles. The Balaban J connectivity index is 1.84. The van der Waals surface area contributed by atoms with E-state index in [0.29, 0.717) is 22.2 Å². The Labute approximate surface area is 189 Å². The average molecular weight is 445 g/mol. The fourth-order valence-electron chi connectivity index (χ4n) is 4.60. The zero-order valence-electron chi connectivity index (χ0n) is 18.8. The van der Waals surface area contributed by atoms with Gasteiger partial charge in [-0.15, -0.1) is 0 Å². The molecule has 7 heteroatoms. The molecule has 0 radical (unpaired) electrons. The average Bonchev–Trinajstić information content (AvgIpc) is 2.71. The number of amides is 1. The smallest absolute Gasteiger partial charge is 0.253 e. The van der Waals surface area contributed by atoms with Gasteiger partial charge in [0.05, 0.1) is 0 Å². The highest BCUT2D eigenvalue weighted by Crippen LogP contribution is 2.33. The van der Waals surface area contributed by atoms with Gasteiger partial charge < -0.3 is 20.9 Å². The lowest BCUT2D eigenvalue weighted by molar-refractivity contribution is 0.0950. The third-order valence-corrected chi connectivity index (χ3v) is 6.56. The van der Waals surface area contributed by atoms with Crippen LogP contribution in [0.2, 0.25) is 5.02 Å². The van der Waals surface area contributed by atoms with Crippen LogP contribution < -0.4 is 21.5 Å². The number of nitrogens with one attached hydrogen (secondary N) is 2. The van der Waals surface area contributed by atoms with Crippen LogP contribution in [0.5, 0.6) is 0 Å². The van der Waals surface area contributed by atoms with E-state index in [2.05, 4.69) is 22.1 Å². The van der Waals surface area contributed by atoms with Crippen molar-refractivity contribution in [1.82, 2.24) is 10.3 Å². The number of halogens is 1. The first-order valence-electron chi connectivity index (χ1n) is 11.0. The topological polar surface area (TPSA) is 91.2 Å². The molecule has 1 fully saturated rings. The minimum absolute atomic E-state index is 0.166. The fraction of sp³-hybridized carbons (Fsp3) is 0.500. The van der Waals surface area contributed by atoms with Crippen LogP contribution in [0.15, 0.2) is 23.0 Å². The van der Waals surface area contributed by atoms with Gasteiger partial charge in [-0.25, -0.2) is 0 Å². The summed E-state index contributed by atoms with van der Waals surface area (Å²) in [7, 11) is 0. The van der Waals surface area contributed by atoms with Gasteiger partial charge in [0.1, 0.15) is 0 Å². The number of pyridine rings is 1. The van der Waals surface area contributed by atoms with Crippen LogP contribution in [0.1, 0.15) is 65.3 Å². The van der Waals surface area contributed by atoms with Crippen molar-refractivity contribution in [2.45, 2.75) is 72.0 Å². The predicted octanol–water partition coefficient (Wildman–Crippen LogP) is 3.98. The summed E-state index contributed by atoms with van der Waals surface area (Å²) >= 11 is 6.43. The SMILES string of the molecule is CCN(c1cc(Cl)cc(C(=O)NCc2c(C)cc(C)[nH]c2=O)c1C)[C@H]1CC[C@@H](N)CC1. The number of hydrogen-bond donors (Lipinski definition) is 3. The number of aromatic nitrogens is 1. The van der Waals surface area contributed by atoms with E-state index in [1.54, 1.807) is 6.07 Å². The zero-order valence-corrected chi connectivity index (χ0v) is 19.6. The van der Waals surface area contributed by atoms with Crippen LogP contribution in [0, 0.1) is 20.8 Å². The van der Waals surface area contributed by atoms with Crippen LogP contribution in [0.4, 0.5) is 5.69 Å². The monoisotopic (exact) mass is 444 g/mol. The number of aromatic amines is 1. The van der Waals surface area contributed by atoms with E-state index in [0.717, 1.165) is 54.7 Å². The second-order valence-electron chi connectivity index (χ2n) is 8.58. The lowest BCUT2D eigenvalue weighted by Gasteiger charge is -2.38. The van der Waals surface area contributed by atoms with Gasteiger partial charge in [0.25, 0.3) is 11.5 Å². The number of benzene rings is 1. The Kier molecular flexibility index (Phi) is 7.44. The maximum Gasteiger partial charge on any atom is 0.253 e. The molecule has 31 heavy (non-hydrogen) atoms. The molecule has 0 spiro atoms. The first-order chi connectivity index (χ1) is 14.7. The van der Waals surface area contributed by atoms with Crippen molar-refractivity contribution in [3.63, 3.8) is 0 Å². The molecule has 1 saturated carbocycles. The summed E-state index contributed by atoms with van der Waals surface area (Å²) < 4.78 is 0. The summed E-state index contributed by atoms with van der Waals surface area (Å²) in [5.74, 6) is -0.234. The number of hydrogen-bond acceptors (Lipinski definition) is 4. The van der Waals surface area contributed by atoms with Crippen molar-refractivity contribution in [1.29, 1.82) is 0 Å². The molecule has 3 rings (SSSR count). The van der Waals surface area contributed by atoms with Crippen molar-refractivity contribution in [3.8, 4) is 0 Å².